The van der Waals surface area contributed by atoms with E-state index >= 15 is 0 Å². The lowest BCUT2D eigenvalue weighted by molar-refractivity contribution is 0.568. The van der Waals surface area contributed by atoms with Gasteiger partial charge in [-0.25, -0.2) is 9.97 Å². The highest BCUT2D eigenvalue weighted by molar-refractivity contribution is 5.25. The molecule has 1 aromatic heterocycles. The number of aryl methyl sites for hydroxylation is 2. The minimum atomic E-state index is 0.453. The van der Waals surface area contributed by atoms with Crippen molar-refractivity contribution in [1.29, 1.82) is 0 Å². The number of rotatable bonds is 7. The summed E-state index contributed by atoms with van der Waals surface area (Å²) in [6, 6.07) is 0.561. The molecule has 1 heterocycles. The maximum Gasteiger partial charge on any atom is 0.131 e. The molecule has 1 atom stereocenters. The lowest BCUT2D eigenvalue weighted by Crippen LogP contribution is -2.24. The van der Waals surface area contributed by atoms with E-state index < -0.39 is 0 Å². The van der Waals surface area contributed by atoms with E-state index in [1.807, 2.05) is 0 Å². The molecule has 0 saturated heterocycles. The van der Waals surface area contributed by atoms with Crippen molar-refractivity contribution in [2.75, 3.05) is 6.54 Å². The van der Waals surface area contributed by atoms with Crippen molar-refractivity contribution in [2.45, 2.75) is 72.8 Å². The van der Waals surface area contributed by atoms with Crippen molar-refractivity contribution >= 4 is 0 Å². The number of aromatic nitrogens is 2. The zero-order valence-corrected chi connectivity index (χ0v) is 13.4. The Morgan fingerprint density at radius 1 is 1.05 bits per heavy atom. The van der Waals surface area contributed by atoms with E-state index in [0.29, 0.717) is 12.0 Å². The van der Waals surface area contributed by atoms with Gasteiger partial charge in [-0.2, -0.15) is 0 Å². The molecule has 0 aromatic carbocycles. The maximum absolute atomic E-state index is 4.69. The molecule has 0 aliphatic carbocycles. The normalized spacial score (nSPS) is 13.0. The van der Waals surface area contributed by atoms with Crippen LogP contribution in [-0.4, -0.2) is 22.6 Å². The zero-order chi connectivity index (χ0) is 14.4. The van der Waals surface area contributed by atoms with E-state index in [4.69, 9.17) is 0 Å². The summed E-state index contributed by atoms with van der Waals surface area (Å²) in [7, 11) is 0. The summed E-state index contributed by atoms with van der Waals surface area (Å²) < 4.78 is 0. The van der Waals surface area contributed by atoms with Crippen LogP contribution in [0.15, 0.2) is 0 Å². The van der Waals surface area contributed by atoms with E-state index in [1.54, 1.807) is 0 Å². The predicted molar refractivity (Wildman–Crippen MR) is 81.7 cm³/mol. The average molecular weight is 263 g/mol. The first-order valence-corrected chi connectivity index (χ1v) is 7.53. The van der Waals surface area contributed by atoms with Gasteiger partial charge in [0.2, 0.25) is 0 Å². The Morgan fingerprint density at radius 2 is 1.63 bits per heavy atom. The van der Waals surface area contributed by atoms with E-state index in [-0.39, 0.29) is 0 Å². The maximum atomic E-state index is 4.69. The zero-order valence-electron chi connectivity index (χ0n) is 13.4. The van der Waals surface area contributed by atoms with Gasteiger partial charge in [0.25, 0.3) is 0 Å². The first-order valence-electron chi connectivity index (χ1n) is 7.53. The summed E-state index contributed by atoms with van der Waals surface area (Å²) in [5, 5.41) is 3.45. The number of hydrogen-bond donors (Lipinski definition) is 1. The number of nitrogens with one attached hydrogen (secondary N) is 1. The second-order valence-electron chi connectivity index (χ2n) is 5.75. The van der Waals surface area contributed by atoms with Gasteiger partial charge in [0, 0.05) is 23.3 Å². The smallest absolute Gasteiger partial charge is 0.131 e. The molecule has 0 amide bonds. The molecule has 0 radical (unpaired) electrons. The molecule has 19 heavy (non-hydrogen) atoms. The van der Waals surface area contributed by atoms with Crippen LogP contribution >= 0.6 is 0 Å². The standard InChI is InChI=1S/C16H29N3/c1-7-12(4)16-18-13(5)15(14(6)19-16)9-8-10-17-11(2)3/h11-12,17H,7-10H2,1-6H3. The van der Waals surface area contributed by atoms with Gasteiger partial charge < -0.3 is 5.32 Å². The van der Waals surface area contributed by atoms with Crippen LogP contribution < -0.4 is 5.32 Å². The number of hydrogen-bond acceptors (Lipinski definition) is 3. The highest BCUT2D eigenvalue weighted by Crippen LogP contribution is 2.19. The fraction of sp³-hybridized carbons (Fsp3) is 0.750. The first kappa shape index (κ1) is 16.1. The molecular weight excluding hydrogens is 234 g/mol. The molecule has 1 rings (SSSR count). The number of nitrogens with zero attached hydrogens (tertiary/aromatic N) is 2. The molecule has 1 unspecified atom stereocenters. The molecule has 0 spiro atoms. The third-order valence-corrected chi connectivity index (χ3v) is 3.65. The third kappa shape index (κ3) is 4.90. The van der Waals surface area contributed by atoms with E-state index in [1.165, 1.54) is 5.56 Å². The monoisotopic (exact) mass is 263 g/mol. The summed E-state index contributed by atoms with van der Waals surface area (Å²) in [6.45, 7) is 14.0. The van der Waals surface area contributed by atoms with Gasteiger partial charge in [0.05, 0.1) is 0 Å². The summed E-state index contributed by atoms with van der Waals surface area (Å²) in [5.74, 6) is 1.45. The summed E-state index contributed by atoms with van der Waals surface area (Å²) >= 11 is 0. The Morgan fingerprint density at radius 3 is 2.11 bits per heavy atom. The van der Waals surface area contributed by atoms with Crippen molar-refractivity contribution in [3.05, 3.63) is 22.8 Å². The van der Waals surface area contributed by atoms with Crippen molar-refractivity contribution in [3.63, 3.8) is 0 Å². The van der Waals surface area contributed by atoms with Crippen LogP contribution in [0, 0.1) is 13.8 Å². The highest BCUT2D eigenvalue weighted by Gasteiger charge is 2.12. The first-order chi connectivity index (χ1) is 8.95. The quantitative estimate of drug-likeness (QED) is 0.765. The van der Waals surface area contributed by atoms with E-state index in [2.05, 4.69) is 56.8 Å². The minimum absolute atomic E-state index is 0.453. The molecule has 0 aliphatic heterocycles. The van der Waals surface area contributed by atoms with E-state index in [0.717, 1.165) is 43.0 Å². The molecule has 0 fully saturated rings. The predicted octanol–water partition coefficient (Wildman–Crippen LogP) is 3.54. The molecule has 3 nitrogen and oxygen atoms in total. The average Bonchev–Trinajstić information content (AvgIpc) is 2.35. The fourth-order valence-corrected chi connectivity index (χ4v) is 2.19. The Bertz CT molecular complexity index is 376. The van der Waals surface area contributed by atoms with Gasteiger partial charge in [-0.1, -0.05) is 27.7 Å². The van der Waals surface area contributed by atoms with Gasteiger partial charge in [0.1, 0.15) is 5.82 Å². The SMILES string of the molecule is CCC(C)c1nc(C)c(CCCNC(C)C)c(C)n1. The van der Waals surface area contributed by atoms with Crippen LogP contribution in [0.2, 0.25) is 0 Å². The molecule has 0 bridgehead atoms. The third-order valence-electron chi connectivity index (χ3n) is 3.65. The molecule has 0 saturated carbocycles. The molecule has 0 aliphatic rings. The fourth-order valence-electron chi connectivity index (χ4n) is 2.19. The van der Waals surface area contributed by atoms with Crippen LogP contribution in [0.25, 0.3) is 0 Å². The second-order valence-corrected chi connectivity index (χ2v) is 5.75. The Balaban J connectivity index is 2.69. The van der Waals surface area contributed by atoms with Crippen LogP contribution in [0.3, 0.4) is 0 Å². The molecule has 1 aromatic rings. The van der Waals surface area contributed by atoms with Gasteiger partial charge in [-0.3, -0.25) is 0 Å². The topological polar surface area (TPSA) is 37.8 Å². The van der Waals surface area contributed by atoms with E-state index in [9.17, 15) is 0 Å². The summed E-state index contributed by atoms with van der Waals surface area (Å²) in [4.78, 5) is 9.37. The Labute approximate surface area is 118 Å². The van der Waals surface area contributed by atoms with Crippen molar-refractivity contribution in [3.8, 4) is 0 Å². The van der Waals surface area contributed by atoms with Crippen LogP contribution in [0.1, 0.15) is 69.2 Å². The molecule has 1 N–H and O–H groups in total. The van der Waals surface area contributed by atoms with Gasteiger partial charge in [0.15, 0.2) is 0 Å². The van der Waals surface area contributed by atoms with Gasteiger partial charge in [-0.15, -0.1) is 0 Å². The minimum Gasteiger partial charge on any atom is -0.315 e. The van der Waals surface area contributed by atoms with Gasteiger partial charge in [-0.05, 0) is 45.2 Å². The van der Waals surface area contributed by atoms with Crippen molar-refractivity contribution < 1.29 is 0 Å². The van der Waals surface area contributed by atoms with Crippen LogP contribution in [-0.2, 0) is 6.42 Å². The molecule has 3 heteroatoms. The van der Waals surface area contributed by atoms with Crippen LogP contribution in [0.5, 0.6) is 0 Å². The Hall–Kier alpha value is -0.960. The second kappa shape index (κ2) is 7.59. The lowest BCUT2D eigenvalue weighted by Gasteiger charge is -2.14. The molecule has 108 valence electrons. The molecular formula is C16H29N3. The van der Waals surface area contributed by atoms with Crippen molar-refractivity contribution in [2.24, 2.45) is 0 Å². The largest absolute Gasteiger partial charge is 0.315 e. The summed E-state index contributed by atoms with van der Waals surface area (Å²) in [5.41, 5.74) is 3.65. The van der Waals surface area contributed by atoms with Gasteiger partial charge >= 0.3 is 0 Å². The van der Waals surface area contributed by atoms with Crippen molar-refractivity contribution in [1.82, 2.24) is 15.3 Å². The van der Waals surface area contributed by atoms with Crippen LogP contribution in [0.4, 0.5) is 0 Å². The lowest BCUT2D eigenvalue weighted by atomic mass is 10.0. The Kier molecular flexibility index (Phi) is 6.43. The highest BCUT2D eigenvalue weighted by atomic mass is 14.9. The summed E-state index contributed by atoms with van der Waals surface area (Å²) in [6.07, 6.45) is 3.31.